The summed E-state index contributed by atoms with van der Waals surface area (Å²) in [4.78, 5) is 4.24. The highest BCUT2D eigenvalue weighted by molar-refractivity contribution is 5.48. The molecule has 0 unspecified atom stereocenters. The minimum Gasteiger partial charge on any atom is -0.378 e. The zero-order valence-corrected chi connectivity index (χ0v) is 18.6. The van der Waals surface area contributed by atoms with Gasteiger partial charge in [0, 0.05) is 46.6 Å². The summed E-state index contributed by atoms with van der Waals surface area (Å²) in [6.45, 7) is 5.51. The number of hydrogen-bond donors (Lipinski definition) is 1. The van der Waals surface area contributed by atoms with Crippen LogP contribution in [-0.2, 0) is 6.42 Å². The highest BCUT2D eigenvalue weighted by Crippen LogP contribution is 2.17. The van der Waals surface area contributed by atoms with E-state index in [2.05, 4.69) is 93.1 Å². The summed E-state index contributed by atoms with van der Waals surface area (Å²) >= 11 is 0. The molecule has 0 saturated heterocycles. The van der Waals surface area contributed by atoms with Gasteiger partial charge in [-0.15, -0.1) is 0 Å². The first-order valence-electron chi connectivity index (χ1n) is 9.68. The van der Waals surface area contributed by atoms with Crippen LogP contribution in [0.1, 0.15) is 18.1 Å². The summed E-state index contributed by atoms with van der Waals surface area (Å²) in [5.74, 6) is 0. The minimum absolute atomic E-state index is 0.568. The summed E-state index contributed by atoms with van der Waals surface area (Å²) in [6.07, 6.45) is 8.30. The lowest BCUT2D eigenvalue weighted by molar-refractivity contribution is -0.0231. The number of nitrogens with zero attached hydrogens (tertiary/aromatic N) is 3. The second-order valence-electron chi connectivity index (χ2n) is 7.20. The first kappa shape index (κ1) is 24.1. The summed E-state index contributed by atoms with van der Waals surface area (Å²) in [5, 5.41) is 9.75. The van der Waals surface area contributed by atoms with Gasteiger partial charge in [0.15, 0.2) is 0 Å². The maximum Gasteiger partial charge on any atom is 0.0559 e. The number of allylic oxidation sites excluding steroid dienone is 4. The molecule has 0 aliphatic rings. The fourth-order valence-corrected chi connectivity index (χ4v) is 2.45. The highest BCUT2D eigenvalue weighted by atomic mass is 16.5. The normalized spacial score (nSPS) is 10.6. The molecule has 4 nitrogen and oxygen atoms in total. The number of hydroxylamine groups is 2. The lowest BCUT2D eigenvalue weighted by Gasteiger charge is -2.14. The third-order valence-electron chi connectivity index (χ3n) is 4.32. The van der Waals surface area contributed by atoms with Crippen LogP contribution in [-0.4, -0.2) is 45.5 Å². The van der Waals surface area contributed by atoms with Crippen molar-refractivity contribution in [2.45, 2.75) is 13.3 Å². The molecule has 0 fully saturated rings. The molecule has 0 aliphatic carbocycles. The third kappa shape index (κ3) is 9.17. The van der Waals surface area contributed by atoms with E-state index < -0.39 is 0 Å². The van der Waals surface area contributed by atoms with Crippen LogP contribution < -0.4 is 9.80 Å². The molecule has 2 rings (SSSR count). The lowest BCUT2D eigenvalue weighted by Crippen LogP contribution is -2.08. The first-order chi connectivity index (χ1) is 13.7. The van der Waals surface area contributed by atoms with Gasteiger partial charge in [-0.2, -0.15) is 0 Å². The molecule has 2 aromatic carbocycles. The molecule has 2 aromatic rings. The molecule has 0 aliphatic heterocycles. The van der Waals surface area contributed by atoms with Gasteiger partial charge in [0.2, 0.25) is 0 Å². The van der Waals surface area contributed by atoms with Crippen molar-refractivity contribution in [3.8, 4) is 0 Å². The molecule has 29 heavy (non-hydrogen) atoms. The van der Waals surface area contributed by atoms with E-state index in [0.29, 0.717) is 5.70 Å². The second kappa shape index (κ2) is 12.5. The zero-order chi connectivity index (χ0) is 21.8. The van der Waals surface area contributed by atoms with Gasteiger partial charge in [-0.3, -0.25) is 10.3 Å². The predicted molar refractivity (Wildman–Crippen MR) is 127 cm³/mol. The summed E-state index contributed by atoms with van der Waals surface area (Å²) < 4.78 is 0. The molecular weight excluding hydrogens is 358 g/mol. The number of likely N-dealkylation sites (N-methyl/N-ethyl adjacent to an activating group) is 1. The molecular formula is C25H35N3O. The fraction of sp³-hybridized carbons (Fsp3) is 0.280. The molecule has 0 bridgehead atoms. The molecule has 0 amide bonds. The molecule has 0 atom stereocenters. The van der Waals surface area contributed by atoms with E-state index in [1.807, 2.05) is 25.2 Å². The smallest absolute Gasteiger partial charge is 0.0559 e. The summed E-state index contributed by atoms with van der Waals surface area (Å²) in [6, 6.07) is 17.5. The van der Waals surface area contributed by atoms with E-state index in [-0.39, 0.29) is 0 Å². The van der Waals surface area contributed by atoms with Crippen LogP contribution in [0.4, 0.5) is 11.4 Å². The lowest BCUT2D eigenvalue weighted by atomic mass is 10.0. The van der Waals surface area contributed by atoms with E-state index in [9.17, 15) is 0 Å². The monoisotopic (exact) mass is 393 g/mol. The Bertz CT molecular complexity index is 736. The van der Waals surface area contributed by atoms with Crippen molar-refractivity contribution < 1.29 is 5.21 Å². The van der Waals surface area contributed by atoms with Crippen LogP contribution in [0.3, 0.4) is 0 Å². The Morgan fingerprint density at radius 3 is 1.52 bits per heavy atom. The number of anilines is 2. The SMILES string of the molecule is C=C(/C=C\C=C/C)N(C)O.CN(C)c1ccc(Cc2ccc(N(C)C)cc2)cc1. The molecule has 1 N–H and O–H groups in total. The molecule has 0 aromatic heterocycles. The molecule has 4 heteroatoms. The van der Waals surface area contributed by atoms with Crippen LogP contribution in [0.25, 0.3) is 0 Å². The molecule has 0 saturated carbocycles. The third-order valence-corrected chi connectivity index (χ3v) is 4.32. The molecule has 156 valence electrons. The van der Waals surface area contributed by atoms with E-state index >= 15 is 0 Å². The number of benzene rings is 2. The maximum atomic E-state index is 8.78. The van der Waals surface area contributed by atoms with E-state index in [4.69, 9.17) is 5.21 Å². The summed E-state index contributed by atoms with van der Waals surface area (Å²) in [7, 11) is 9.79. The zero-order valence-electron chi connectivity index (χ0n) is 18.6. The fourth-order valence-electron chi connectivity index (χ4n) is 2.45. The second-order valence-corrected chi connectivity index (χ2v) is 7.20. The Kier molecular flexibility index (Phi) is 10.3. The standard InChI is InChI=1S/C17H22N2.C8H13NO/c1-18(2)16-9-5-14(6-10-16)13-15-7-11-17(12-8-15)19(3)4;1-4-5-6-7-8(2)9(3)10/h5-12H,13H2,1-4H3;4-7,10H,2H2,1,3H3/b;5-4-,7-6-. The minimum atomic E-state index is 0.568. The maximum absolute atomic E-state index is 8.78. The van der Waals surface area contributed by atoms with Crippen LogP contribution in [0.15, 0.2) is 85.1 Å². The van der Waals surface area contributed by atoms with Crippen molar-refractivity contribution in [2.24, 2.45) is 0 Å². The van der Waals surface area contributed by atoms with Crippen molar-refractivity contribution in [2.75, 3.05) is 45.0 Å². The average Bonchev–Trinajstić information content (AvgIpc) is 2.69. The Labute approximate surface area is 176 Å². The van der Waals surface area contributed by atoms with Crippen LogP contribution in [0.5, 0.6) is 0 Å². The first-order valence-corrected chi connectivity index (χ1v) is 9.68. The van der Waals surface area contributed by atoms with Crippen molar-refractivity contribution in [3.63, 3.8) is 0 Å². The van der Waals surface area contributed by atoms with Gasteiger partial charge >= 0.3 is 0 Å². The Balaban J connectivity index is 0.000000359. The van der Waals surface area contributed by atoms with E-state index in [0.717, 1.165) is 11.5 Å². The van der Waals surface area contributed by atoms with Crippen molar-refractivity contribution in [3.05, 3.63) is 96.2 Å². The summed E-state index contributed by atoms with van der Waals surface area (Å²) in [5.41, 5.74) is 5.75. The quantitative estimate of drug-likeness (QED) is 0.506. The van der Waals surface area contributed by atoms with Gasteiger partial charge in [-0.05, 0) is 54.8 Å². The highest BCUT2D eigenvalue weighted by Gasteiger charge is 2.00. The van der Waals surface area contributed by atoms with Crippen LogP contribution in [0, 0.1) is 0 Å². The van der Waals surface area contributed by atoms with E-state index in [1.165, 1.54) is 29.5 Å². The number of rotatable bonds is 7. The van der Waals surface area contributed by atoms with Gasteiger partial charge in [-0.1, -0.05) is 49.1 Å². The van der Waals surface area contributed by atoms with Crippen molar-refractivity contribution in [1.29, 1.82) is 0 Å². The largest absolute Gasteiger partial charge is 0.378 e. The van der Waals surface area contributed by atoms with Crippen molar-refractivity contribution in [1.82, 2.24) is 5.06 Å². The average molecular weight is 394 g/mol. The topological polar surface area (TPSA) is 30.0 Å². The number of hydrogen-bond acceptors (Lipinski definition) is 4. The van der Waals surface area contributed by atoms with Gasteiger partial charge < -0.3 is 9.80 Å². The van der Waals surface area contributed by atoms with E-state index in [1.54, 1.807) is 6.08 Å². The van der Waals surface area contributed by atoms with Gasteiger partial charge in [0.25, 0.3) is 0 Å². The Hall–Kier alpha value is -2.98. The molecule has 0 spiro atoms. The molecule has 0 radical (unpaired) electrons. The van der Waals surface area contributed by atoms with Crippen molar-refractivity contribution >= 4 is 11.4 Å². The van der Waals surface area contributed by atoms with Gasteiger partial charge in [-0.25, -0.2) is 0 Å². The van der Waals surface area contributed by atoms with Gasteiger partial charge in [0.05, 0.1) is 5.70 Å². The van der Waals surface area contributed by atoms with Crippen LogP contribution >= 0.6 is 0 Å². The Morgan fingerprint density at radius 2 is 1.21 bits per heavy atom. The Morgan fingerprint density at radius 1 is 0.793 bits per heavy atom. The molecule has 0 heterocycles. The predicted octanol–water partition coefficient (Wildman–Crippen LogP) is 5.36. The van der Waals surface area contributed by atoms with Gasteiger partial charge in [0.1, 0.15) is 0 Å². The van der Waals surface area contributed by atoms with Crippen LogP contribution in [0.2, 0.25) is 0 Å².